The molecule has 2 rings (SSSR count). The van der Waals surface area contributed by atoms with Crippen LogP contribution >= 0.6 is 11.6 Å². The van der Waals surface area contributed by atoms with Crippen LogP contribution in [-0.2, 0) is 0 Å². The molecule has 0 aromatic carbocycles. The summed E-state index contributed by atoms with van der Waals surface area (Å²) in [6.07, 6.45) is 3.41. The lowest BCUT2D eigenvalue weighted by Crippen LogP contribution is -2.36. The molecule has 1 aromatic heterocycles. The summed E-state index contributed by atoms with van der Waals surface area (Å²) in [4.78, 5) is 15.1. The number of anilines is 2. The van der Waals surface area contributed by atoms with Crippen LogP contribution in [0.2, 0.25) is 5.28 Å². The van der Waals surface area contributed by atoms with Gasteiger partial charge in [-0.1, -0.05) is 20.8 Å². The number of rotatable bonds is 5. The molecule has 5 nitrogen and oxygen atoms in total. The van der Waals surface area contributed by atoms with Gasteiger partial charge in [0.05, 0.1) is 0 Å². The van der Waals surface area contributed by atoms with Gasteiger partial charge in [0.2, 0.25) is 17.2 Å². The third-order valence-corrected chi connectivity index (χ3v) is 4.06. The van der Waals surface area contributed by atoms with Crippen molar-refractivity contribution in [3.05, 3.63) is 5.28 Å². The van der Waals surface area contributed by atoms with Crippen molar-refractivity contribution in [3.8, 4) is 0 Å². The SMILES string of the molecule is CCCNc1nc(Cl)nc(N2CCC(C(C)C)CC2)n1. The Morgan fingerprint density at radius 1 is 1.25 bits per heavy atom. The predicted molar refractivity (Wildman–Crippen MR) is 83.4 cm³/mol. The first kappa shape index (κ1) is 15.3. The summed E-state index contributed by atoms with van der Waals surface area (Å²) in [5, 5.41) is 3.43. The van der Waals surface area contributed by atoms with Crippen molar-refractivity contribution in [1.82, 2.24) is 15.0 Å². The Balaban J connectivity index is 2.03. The topological polar surface area (TPSA) is 53.9 Å². The minimum absolute atomic E-state index is 0.264. The Bertz CT molecular complexity index is 430. The standard InChI is InChI=1S/C14H24ClN5/c1-4-7-16-13-17-12(15)18-14(19-13)20-8-5-11(6-9-20)10(2)3/h10-11H,4-9H2,1-3H3,(H,16,17,18,19). The Hall–Kier alpha value is -1.10. The Kier molecular flexibility index (Phi) is 5.40. The van der Waals surface area contributed by atoms with Crippen LogP contribution in [0, 0.1) is 11.8 Å². The normalized spacial score (nSPS) is 16.8. The van der Waals surface area contributed by atoms with E-state index in [1.54, 1.807) is 0 Å². The molecular formula is C14H24ClN5. The maximum absolute atomic E-state index is 6.00. The van der Waals surface area contributed by atoms with Crippen LogP contribution < -0.4 is 10.2 Å². The van der Waals surface area contributed by atoms with E-state index in [2.05, 4.69) is 45.9 Å². The van der Waals surface area contributed by atoms with E-state index in [4.69, 9.17) is 11.6 Å². The number of nitrogens with one attached hydrogen (secondary N) is 1. The van der Waals surface area contributed by atoms with Crippen molar-refractivity contribution in [3.63, 3.8) is 0 Å². The summed E-state index contributed by atoms with van der Waals surface area (Å²) in [6, 6.07) is 0. The van der Waals surface area contributed by atoms with Gasteiger partial charge in [-0.25, -0.2) is 0 Å². The molecule has 2 heterocycles. The molecule has 0 atom stereocenters. The van der Waals surface area contributed by atoms with Crippen molar-refractivity contribution < 1.29 is 0 Å². The van der Waals surface area contributed by atoms with E-state index >= 15 is 0 Å². The first-order valence-corrected chi connectivity index (χ1v) is 7.88. The Labute approximate surface area is 126 Å². The molecule has 20 heavy (non-hydrogen) atoms. The molecule has 0 spiro atoms. The third kappa shape index (κ3) is 3.95. The third-order valence-electron chi connectivity index (χ3n) is 3.89. The van der Waals surface area contributed by atoms with Crippen LogP contribution in [0.4, 0.5) is 11.9 Å². The van der Waals surface area contributed by atoms with Crippen LogP contribution in [0.15, 0.2) is 0 Å². The largest absolute Gasteiger partial charge is 0.354 e. The average molecular weight is 298 g/mol. The van der Waals surface area contributed by atoms with Crippen molar-refractivity contribution in [1.29, 1.82) is 0 Å². The summed E-state index contributed by atoms with van der Waals surface area (Å²) < 4.78 is 0. The van der Waals surface area contributed by atoms with Crippen LogP contribution in [0.1, 0.15) is 40.0 Å². The molecule has 1 N–H and O–H groups in total. The first-order valence-electron chi connectivity index (χ1n) is 7.50. The van der Waals surface area contributed by atoms with Crippen LogP contribution in [-0.4, -0.2) is 34.6 Å². The lowest BCUT2D eigenvalue weighted by molar-refractivity contribution is 0.310. The van der Waals surface area contributed by atoms with E-state index in [1.807, 2.05) is 0 Å². The Morgan fingerprint density at radius 2 is 1.95 bits per heavy atom. The molecule has 1 aliphatic heterocycles. The van der Waals surface area contributed by atoms with Gasteiger partial charge in [0.1, 0.15) is 0 Å². The van der Waals surface area contributed by atoms with Gasteiger partial charge in [0.15, 0.2) is 0 Å². The molecular weight excluding hydrogens is 274 g/mol. The predicted octanol–water partition coefficient (Wildman–Crippen LogP) is 3.22. The minimum atomic E-state index is 0.264. The van der Waals surface area contributed by atoms with Gasteiger partial charge in [-0.05, 0) is 42.7 Å². The highest BCUT2D eigenvalue weighted by atomic mass is 35.5. The summed E-state index contributed by atoms with van der Waals surface area (Å²) in [6.45, 7) is 9.54. The zero-order valence-electron chi connectivity index (χ0n) is 12.6. The number of hydrogen-bond donors (Lipinski definition) is 1. The van der Waals surface area contributed by atoms with E-state index in [0.29, 0.717) is 11.9 Å². The number of piperidine rings is 1. The average Bonchev–Trinajstić information content (AvgIpc) is 2.44. The van der Waals surface area contributed by atoms with Crippen LogP contribution in [0.5, 0.6) is 0 Å². The van der Waals surface area contributed by atoms with E-state index in [0.717, 1.165) is 37.9 Å². The second-order valence-electron chi connectivity index (χ2n) is 5.72. The Morgan fingerprint density at radius 3 is 2.55 bits per heavy atom. The summed E-state index contributed by atoms with van der Waals surface area (Å²) in [5.41, 5.74) is 0. The van der Waals surface area contributed by atoms with Gasteiger partial charge >= 0.3 is 0 Å². The molecule has 1 aliphatic rings. The smallest absolute Gasteiger partial charge is 0.231 e. The molecule has 0 bridgehead atoms. The van der Waals surface area contributed by atoms with Gasteiger partial charge in [0.25, 0.3) is 0 Å². The lowest BCUT2D eigenvalue weighted by Gasteiger charge is -2.33. The number of nitrogens with zero attached hydrogens (tertiary/aromatic N) is 4. The molecule has 0 unspecified atom stereocenters. The highest BCUT2D eigenvalue weighted by Gasteiger charge is 2.23. The molecule has 112 valence electrons. The molecule has 0 saturated carbocycles. The fourth-order valence-electron chi connectivity index (χ4n) is 2.56. The quantitative estimate of drug-likeness (QED) is 0.904. The minimum Gasteiger partial charge on any atom is -0.354 e. The van der Waals surface area contributed by atoms with Crippen molar-refractivity contribution in [2.45, 2.75) is 40.0 Å². The van der Waals surface area contributed by atoms with Gasteiger partial charge < -0.3 is 10.2 Å². The zero-order chi connectivity index (χ0) is 14.5. The van der Waals surface area contributed by atoms with Gasteiger partial charge in [-0.3, -0.25) is 0 Å². The van der Waals surface area contributed by atoms with Crippen LogP contribution in [0.3, 0.4) is 0 Å². The molecule has 0 radical (unpaired) electrons. The summed E-state index contributed by atoms with van der Waals surface area (Å²) >= 11 is 6.00. The van der Waals surface area contributed by atoms with E-state index in [1.165, 1.54) is 12.8 Å². The fraction of sp³-hybridized carbons (Fsp3) is 0.786. The second-order valence-corrected chi connectivity index (χ2v) is 6.06. The zero-order valence-corrected chi connectivity index (χ0v) is 13.3. The van der Waals surface area contributed by atoms with Gasteiger partial charge in [0, 0.05) is 19.6 Å². The van der Waals surface area contributed by atoms with Crippen molar-refractivity contribution >= 4 is 23.5 Å². The second kappa shape index (κ2) is 7.07. The maximum atomic E-state index is 6.00. The van der Waals surface area contributed by atoms with E-state index < -0.39 is 0 Å². The van der Waals surface area contributed by atoms with E-state index in [-0.39, 0.29) is 5.28 Å². The van der Waals surface area contributed by atoms with E-state index in [9.17, 15) is 0 Å². The molecule has 0 amide bonds. The molecule has 1 saturated heterocycles. The summed E-state index contributed by atoms with van der Waals surface area (Å²) in [5.74, 6) is 2.83. The van der Waals surface area contributed by atoms with Gasteiger partial charge in [-0.15, -0.1) is 0 Å². The molecule has 1 aromatic rings. The first-order chi connectivity index (χ1) is 9.60. The fourth-order valence-corrected chi connectivity index (χ4v) is 2.72. The maximum Gasteiger partial charge on any atom is 0.231 e. The van der Waals surface area contributed by atoms with Crippen LogP contribution in [0.25, 0.3) is 0 Å². The van der Waals surface area contributed by atoms with Crippen molar-refractivity contribution in [2.75, 3.05) is 29.9 Å². The monoisotopic (exact) mass is 297 g/mol. The molecule has 6 heteroatoms. The highest BCUT2D eigenvalue weighted by Crippen LogP contribution is 2.26. The molecule has 0 aliphatic carbocycles. The number of hydrogen-bond acceptors (Lipinski definition) is 5. The highest BCUT2D eigenvalue weighted by molar-refractivity contribution is 6.28. The van der Waals surface area contributed by atoms with Gasteiger partial charge in [-0.2, -0.15) is 15.0 Å². The lowest BCUT2D eigenvalue weighted by atomic mass is 9.87. The summed E-state index contributed by atoms with van der Waals surface area (Å²) in [7, 11) is 0. The number of halogens is 1. The molecule has 1 fully saturated rings. The number of aromatic nitrogens is 3. The van der Waals surface area contributed by atoms with Crippen molar-refractivity contribution in [2.24, 2.45) is 11.8 Å².